The van der Waals surface area contributed by atoms with E-state index < -0.39 is 36.0 Å². The topological polar surface area (TPSA) is 198 Å². The highest BCUT2D eigenvalue weighted by Crippen LogP contribution is 2.18. The predicted molar refractivity (Wildman–Crippen MR) is 158 cm³/mol. The second-order valence-electron chi connectivity index (χ2n) is 10.6. The molecule has 2 rings (SSSR count). The van der Waals surface area contributed by atoms with Gasteiger partial charge in [-0.05, 0) is 42.9 Å². The Kier molecular flexibility index (Phi) is 14.4. The zero-order valence-electron chi connectivity index (χ0n) is 25.3. The molecule has 3 atom stereocenters. The van der Waals surface area contributed by atoms with Crippen LogP contribution < -0.4 is 27.0 Å². The Bertz CT molecular complexity index is 1130. The van der Waals surface area contributed by atoms with E-state index in [0.717, 1.165) is 16.9 Å². The Labute approximate surface area is 251 Å². The Morgan fingerprint density at radius 2 is 1.72 bits per heavy atom. The number of nitrogens with one attached hydrogen (secondary N) is 4. The number of nitrogens with zero attached hydrogens (tertiary/aromatic N) is 1. The maximum atomic E-state index is 13.2. The molecule has 1 aromatic carbocycles. The van der Waals surface area contributed by atoms with E-state index in [1.165, 1.54) is 0 Å². The molecule has 0 spiro atoms. The van der Waals surface area contributed by atoms with Crippen LogP contribution in [0.3, 0.4) is 0 Å². The van der Waals surface area contributed by atoms with Crippen LogP contribution in [0, 0.1) is 11.8 Å². The number of amides is 7. The number of hydrogen-bond acceptors (Lipinski definition) is 8. The molecule has 1 aliphatic heterocycles. The minimum absolute atomic E-state index is 0.0263. The number of ether oxygens (including phenoxy) is 2. The van der Waals surface area contributed by atoms with Crippen LogP contribution in [0.2, 0.25) is 0 Å². The van der Waals surface area contributed by atoms with Gasteiger partial charge in [0.1, 0.15) is 18.7 Å². The minimum atomic E-state index is -1.01. The number of hydrogen-bond donors (Lipinski definition) is 5. The Hall–Kier alpha value is -4.20. The second-order valence-corrected chi connectivity index (χ2v) is 10.6. The molecule has 1 aliphatic rings. The van der Waals surface area contributed by atoms with Crippen molar-refractivity contribution in [3.8, 4) is 0 Å². The molecule has 1 aromatic rings. The van der Waals surface area contributed by atoms with Crippen molar-refractivity contribution in [3.63, 3.8) is 0 Å². The normalized spacial score (nSPS) is 16.0. The first-order chi connectivity index (χ1) is 20.4. The molecule has 1 heterocycles. The fourth-order valence-corrected chi connectivity index (χ4v) is 4.34. The summed E-state index contributed by atoms with van der Waals surface area (Å²) in [5, 5.41) is 10.5. The van der Waals surface area contributed by atoms with E-state index in [1.54, 1.807) is 32.9 Å². The van der Waals surface area contributed by atoms with Crippen molar-refractivity contribution in [2.24, 2.45) is 17.6 Å². The van der Waals surface area contributed by atoms with Gasteiger partial charge < -0.3 is 36.5 Å². The van der Waals surface area contributed by atoms with Gasteiger partial charge in [0.05, 0.1) is 19.8 Å². The maximum Gasteiger partial charge on any atom is 0.407 e. The molecule has 1 unspecified atom stereocenters. The van der Waals surface area contributed by atoms with Crippen LogP contribution in [0.15, 0.2) is 24.3 Å². The van der Waals surface area contributed by atoms with Crippen molar-refractivity contribution >= 4 is 41.4 Å². The molecule has 6 N–H and O–H groups in total. The molecule has 0 radical (unpaired) electrons. The van der Waals surface area contributed by atoms with Crippen molar-refractivity contribution in [2.75, 3.05) is 38.2 Å². The van der Waals surface area contributed by atoms with Gasteiger partial charge >= 0.3 is 12.1 Å². The van der Waals surface area contributed by atoms with Gasteiger partial charge in [0.25, 0.3) is 0 Å². The molecule has 238 valence electrons. The Morgan fingerprint density at radius 1 is 1.02 bits per heavy atom. The summed E-state index contributed by atoms with van der Waals surface area (Å²) in [6.07, 6.45) is 0.750. The molecule has 0 aliphatic carbocycles. The lowest BCUT2D eigenvalue weighted by Gasteiger charge is -2.25. The largest absolute Gasteiger partial charge is 0.447 e. The molecule has 0 bridgehead atoms. The SMILES string of the molecule is CCc1ccc(NC(=O)[C@H](CCCNC(N)=O)NC(=O)[C@@H](NC(=O)OCCOCCN2C(=O)CC(C)C2=O)C(C)C)cc1. The molecule has 1 saturated heterocycles. The fraction of sp³-hybridized carbons (Fsp3) is 0.586. The van der Waals surface area contributed by atoms with Crippen molar-refractivity contribution in [3.05, 3.63) is 29.8 Å². The number of alkyl carbamates (subject to hydrolysis) is 1. The van der Waals surface area contributed by atoms with E-state index >= 15 is 0 Å². The van der Waals surface area contributed by atoms with Gasteiger partial charge in [-0.2, -0.15) is 0 Å². The highest BCUT2D eigenvalue weighted by atomic mass is 16.6. The lowest BCUT2D eigenvalue weighted by Crippen LogP contribution is -2.54. The smallest absolute Gasteiger partial charge is 0.407 e. The van der Waals surface area contributed by atoms with E-state index in [-0.39, 0.29) is 69.4 Å². The number of primary amides is 1. The quantitative estimate of drug-likeness (QED) is 0.129. The summed E-state index contributed by atoms with van der Waals surface area (Å²) >= 11 is 0. The van der Waals surface area contributed by atoms with Gasteiger partial charge in [0.15, 0.2) is 0 Å². The number of carbonyl (C=O) groups is 6. The monoisotopic (exact) mass is 604 g/mol. The standard InChI is InChI=1S/C29H44N6O8/c1-5-20-8-10-21(11-9-20)32-25(37)22(7-6-12-31-28(30)40)33-26(38)24(18(2)3)34-29(41)43-16-15-42-14-13-35-23(36)17-19(4)27(35)39/h8-11,18-19,22,24H,5-7,12-17H2,1-4H3,(H,32,37)(H,33,38)(H,34,41)(H3,30,31,40)/t19?,22-,24-/m0/s1. The van der Waals surface area contributed by atoms with E-state index in [4.69, 9.17) is 15.2 Å². The van der Waals surface area contributed by atoms with Crippen molar-refractivity contribution in [1.82, 2.24) is 20.9 Å². The number of imide groups is 1. The Morgan fingerprint density at radius 3 is 2.30 bits per heavy atom. The number of nitrogens with two attached hydrogens (primary N) is 1. The zero-order chi connectivity index (χ0) is 31.9. The number of likely N-dealkylation sites (tertiary alicyclic amines) is 1. The average molecular weight is 605 g/mol. The molecule has 43 heavy (non-hydrogen) atoms. The van der Waals surface area contributed by atoms with Gasteiger partial charge in [-0.25, -0.2) is 9.59 Å². The van der Waals surface area contributed by atoms with E-state index in [2.05, 4.69) is 21.3 Å². The number of carbonyl (C=O) groups excluding carboxylic acids is 6. The molecule has 14 nitrogen and oxygen atoms in total. The van der Waals surface area contributed by atoms with Gasteiger partial charge in [0.2, 0.25) is 23.6 Å². The van der Waals surface area contributed by atoms with Crippen LogP contribution in [0.4, 0.5) is 15.3 Å². The third kappa shape index (κ3) is 11.9. The highest BCUT2D eigenvalue weighted by molar-refractivity contribution is 6.03. The summed E-state index contributed by atoms with van der Waals surface area (Å²) in [4.78, 5) is 74.6. The van der Waals surface area contributed by atoms with Gasteiger partial charge in [-0.3, -0.25) is 24.1 Å². The number of urea groups is 1. The maximum absolute atomic E-state index is 13.2. The third-order valence-electron chi connectivity index (χ3n) is 6.84. The first kappa shape index (κ1) is 35.0. The van der Waals surface area contributed by atoms with Crippen LogP contribution in [0.25, 0.3) is 0 Å². The summed E-state index contributed by atoms with van der Waals surface area (Å²) < 4.78 is 10.5. The summed E-state index contributed by atoms with van der Waals surface area (Å²) in [6.45, 7) is 7.53. The van der Waals surface area contributed by atoms with E-state index in [0.29, 0.717) is 12.1 Å². The molecule has 0 aromatic heterocycles. The van der Waals surface area contributed by atoms with Crippen molar-refractivity contribution < 1.29 is 38.2 Å². The number of rotatable bonds is 17. The molecular weight excluding hydrogens is 560 g/mol. The summed E-state index contributed by atoms with van der Waals surface area (Å²) in [6, 6.07) is 4.67. The lowest BCUT2D eigenvalue weighted by molar-refractivity contribution is -0.140. The molecule has 0 saturated carbocycles. The molecule has 1 fully saturated rings. The summed E-state index contributed by atoms with van der Waals surface area (Å²) in [5.74, 6) is -2.17. The average Bonchev–Trinajstić information content (AvgIpc) is 3.20. The number of anilines is 1. The van der Waals surface area contributed by atoms with Gasteiger partial charge in [0, 0.05) is 24.6 Å². The first-order valence-corrected chi connectivity index (χ1v) is 14.5. The summed E-state index contributed by atoms with van der Waals surface area (Å²) in [7, 11) is 0. The second kappa shape index (κ2) is 17.7. The van der Waals surface area contributed by atoms with Crippen molar-refractivity contribution in [2.45, 2.75) is 65.5 Å². The van der Waals surface area contributed by atoms with Crippen LogP contribution in [0.5, 0.6) is 0 Å². The van der Waals surface area contributed by atoms with E-state index in [9.17, 15) is 28.8 Å². The first-order valence-electron chi connectivity index (χ1n) is 14.5. The molecular formula is C29H44N6O8. The molecule has 14 heteroatoms. The minimum Gasteiger partial charge on any atom is -0.447 e. The van der Waals surface area contributed by atoms with Crippen LogP contribution in [0.1, 0.15) is 52.5 Å². The Balaban J connectivity index is 1.87. The molecule has 7 amide bonds. The van der Waals surface area contributed by atoms with Gasteiger partial charge in [-0.15, -0.1) is 0 Å². The van der Waals surface area contributed by atoms with Crippen molar-refractivity contribution in [1.29, 1.82) is 0 Å². The zero-order valence-corrected chi connectivity index (χ0v) is 25.3. The third-order valence-corrected chi connectivity index (χ3v) is 6.84. The van der Waals surface area contributed by atoms with Crippen LogP contribution >= 0.6 is 0 Å². The van der Waals surface area contributed by atoms with Gasteiger partial charge in [-0.1, -0.05) is 39.8 Å². The fourth-order valence-electron chi connectivity index (χ4n) is 4.34. The lowest BCUT2D eigenvalue weighted by atomic mass is 10.0. The van der Waals surface area contributed by atoms with E-state index in [1.807, 2.05) is 19.1 Å². The van der Waals surface area contributed by atoms with Crippen LogP contribution in [-0.2, 0) is 35.1 Å². The number of benzene rings is 1. The number of aryl methyl sites for hydroxylation is 1. The summed E-state index contributed by atoms with van der Waals surface area (Å²) in [5.41, 5.74) is 6.78. The predicted octanol–water partition coefficient (Wildman–Crippen LogP) is 1.28. The van der Waals surface area contributed by atoms with Crippen LogP contribution in [-0.4, -0.2) is 85.6 Å². The highest BCUT2D eigenvalue weighted by Gasteiger charge is 2.35.